The molecule has 1 aliphatic rings. The number of halogens is 3. The van der Waals surface area contributed by atoms with Crippen molar-refractivity contribution in [3.05, 3.63) is 161 Å². The van der Waals surface area contributed by atoms with Gasteiger partial charge in [-0.3, -0.25) is 0 Å². The Bertz CT molecular complexity index is 3200. The van der Waals surface area contributed by atoms with Crippen LogP contribution in [0.4, 0.5) is 0 Å². The largest absolute Gasteiger partial charge is 0.494 e. The highest BCUT2D eigenvalue weighted by atomic mass is 35.5. The van der Waals surface area contributed by atoms with E-state index in [2.05, 4.69) is 57.6 Å². The van der Waals surface area contributed by atoms with Gasteiger partial charge in [0.1, 0.15) is 16.2 Å². The normalized spacial score (nSPS) is 14.1. The standard InChI is InChI=1S/C21H12ClN3O.C19H20BNO3.C8H4Cl2N2/c22-21-24-16-9-5-4-8-15(16)19(25-21)14-10-11-18-17(12-14)23-20(26-18)13-6-2-1-3-7-13;1-18(2)19(3,4)24-20(23-18)14-10-11-16-15(12-14)21-17(22-16)13-8-6-5-7-9-13;9-7-5-3-1-2-4-6(5)11-8(10)12-7/h1-12H;5-12H,1-4H3;1-4H. The van der Waals surface area contributed by atoms with Gasteiger partial charge >= 0.3 is 7.12 Å². The minimum Gasteiger partial charge on any atom is -0.436 e. The van der Waals surface area contributed by atoms with Crippen LogP contribution in [0.3, 0.4) is 0 Å². The SMILES string of the molecule is CC1(C)OB(c2ccc3oc(-c4ccccc4)nc3c2)OC1(C)C.Clc1nc(-c2ccc3oc(-c4ccccc4)nc3c2)c2ccccc2n1.Clc1nc(Cl)c2ccccc2n1. The van der Waals surface area contributed by atoms with E-state index in [9.17, 15) is 0 Å². The van der Waals surface area contributed by atoms with E-state index >= 15 is 0 Å². The van der Waals surface area contributed by atoms with Crippen LogP contribution in [0.2, 0.25) is 15.7 Å². The maximum absolute atomic E-state index is 6.12. The summed E-state index contributed by atoms with van der Waals surface area (Å²) >= 11 is 17.6. The lowest BCUT2D eigenvalue weighted by Crippen LogP contribution is -2.41. The van der Waals surface area contributed by atoms with Gasteiger partial charge in [0.25, 0.3) is 0 Å². The second-order valence-electron chi connectivity index (χ2n) is 15.4. The van der Waals surface area contributed by atoms with Crippen molar-refractivity contribution in [1.82, 2.24) is 29.9 Å². The number of rotatable bonds is 4. The van der Waals surface area contributed by atoms with Gasteiger partial charge in [-0.2, -0.15) is 0 Å². The lowest BCUT2D eigenvalue weighted by molar-refractivity contribution is 0.00578. The number of benzene rings is 6. The van der Waals surface area contributed by atoms with Gasteiger partial charge in [-0.05, 0) is 129 Å². The molecule has 0 bridgehead atoms. The summed E-state index contributed by atoms with van der Waals surface area (Å²) in [5.41, 5.74) is 8.51. The average molecular weight is 878 g/mol. The minimum absolute atomic E-state index is 0.179. The van der Waals surface area contributed by atoms with E-state index in [-0.39, 0.29) is 21.8 Å². The molecular weight excluding hydrogens is 842 g/mol. The van der Waals surface area contributed by atoms with Gasteiger partial charge in [-0.15, -0.1) is 0 Å². The van der Waals surface area contributed by atoms with E-state index < -0.39 is 7.12 Å². The van der Waals surface area contributed by atoms with Gasteiger partial charge in [0, 0.05) is 27.5 Å². The van der Waals surface area contributed by atoms with Crippen molar-refractivity contribution < 1.29 is 18.1 Å². The highest BCUT2D eigenvalue weighted by molar-refractivity contribution is 6.62. The van der Waals surface area contributed by atoms with Crippen LogP contribution in [0, 0.1) is 0 Å². The van der Waals surface area contributed by atoms with Gasteiger partial charge in [-0.25, -0.2) is 29.9 Å². The summed E-state index contributed by atoms with van der Waals surface area (Å²) in [5.74, 6) is 1.22. The third kappa shape index (κ3) is 8.50. The Morgan fingerprint density at radius 2 is 0.919 bits per heavy atom. The smallest absolute Gasteiger partial charge is 0.436 e. The quantitative estimate of drug-likeness (QED) is 0.0959. The number of nitrogens with zero attached hydrogens (tertiary/aromatic N) is 6. The van der Waals surface area contributed by atoms with E-state index in [1.807, 2.05) is 146 Å². The predicted molar refractivity (Wildman–Crippen MR) is 248 cm³/mol. The van der Waals surface area contributed by atoms with Crippen LogP contribution in [0.25, 0.3) is 78.2 Å². The molecule has 4 aromatic heterocycles. The fourth-order valence-corrected chi connectivity index (χ4v) is 7.47. The van der Waals surface area contributed by atoms with Crippen molar-refractivity contribution in [2.45, 2.75) is 38.9 Å². The average Bonchev–Trinajstić information content (AvgIpc) is 3.97. The molecular formula is C48H36BCl3N6O4. The predicted octanol–water partition coefficient (Wildman–Crippen LogP) is 12.5. The van der Waals surface area contributed by atoms with Gasteiger partial charge in [0.15, 0.2) is 11.2 Å². The maximum Gasteiger partial charge on any atom is 0.494 e. The number of fused-ring (bicyclic) bond motifs is 4. The van der Waals surface area contributed by atoms with E-state index in [0.29, 0.717) is 16.9 Å². The number of aromatic nitrogens is 6. The van der Waals surface area contributed by atoms with Gasteiger partial charge in [-0.1, -0.05) is 84.4 Å². The zero-order chi connectivity index (χ0) is 43.0. The molecule has 0 N–H and O–H groups in total. The Labute approximate surface area is 372 Å². The third-order valence-electron chi connectivity index (χ3n) is 10.7. The molecule has 10 aromatic rings. The summed E-state index contributed by atoms with van der Waals surface area (Å²) in [7, 11) is -0.392. The summed E-state index contributed by atoms with van der Waals surface area (Å²) in [5, 5.41) is 2.57. The van der Waals surface area contributed by atoms with Crippen LogP contribution in [-0.2, 0) is 9.31 Å². The molecule has 10 nitrogen and oxygen atoms in total. The summed E-state index contributed by atoms with van der Waals surface area (Å²) < 4.78 is 24.0. The van der Waals surface area contributed by atoms with Crippen molar-refractivity contribution in [2.75, 3.05) is 0 Å². The van der Waals surface area contributed by atoms with Crippen molar-refractivity contribution >= 4 is 91.4 Å². The lowest BCUT2D eigenvalue weighted by Gasteiger charge is -2.32. The summed E-state index contributed by atoms with van der Waals surface area (Å²) in [6, 6.07) is 46.7. The minimum atomic E-state index is -0.392. The molecule has 1 aliphatic heterocycles. The fraction of sp³-hybridized carbons (Fsp3) is 0.125. The Kier molecular flexibility index (Phi) is 11.2. The summed E-state index contributed by atoms with van der Waals surface area (Å²) in [6.07, 6.45) is 0. The Morgan fingerprint density at radius 3 is 1.52 bits per heavy atom. The van der Waals surface area contributed by atoms with Crippen LogP contribution in [0.15, 0.2) is 154 Å². The molecule has 0 atom stereocenters. The zero-order valence-electron chi connectivity index (χ0n) is 33.9. The number of oxazole rings is 2. The number of hydrogen-bond donors (Lipinski definition) is 0. The molecule has 1 fully saturated rings. The molecule has 5 heterocycles. The first-order valence-corrected chi connectivity index (χ1v) is 20.8. The Hall–Kier alpha value is -6.21. The second kappa shape index (κ2) is 16.9. The van der Waals surface area contributed by atoms with Crippen molar-refractivity contribution in [3.63, 3.8) is 0 Å². The van der Waals surface area contributed by atoms with Gasteiger partial charge in [0.05, 0.1) is 27.9 Å². The first-order valence-electron chi connectivity index (χ1n) is 19.7. The van der Waals surface area contributed by atoms with Crippen LogP contribution < -0.4 is 5.46 Å². The Morgan fingerprint density at radius 1 is 0.435 bits per heavy atom. The second-order valence-corrected chi connectivity index (χ2v) is 16.5. The fourth-order valence-electron chi connectivity index (χ4n) is 6.83. The molecule has 0 saturated carbocycles. The summed E-state index contributed by atoms with van der Waals surface area (Å²) in [6.45, 7) is 8.20. The molecule has 11 rings (SSSR count). The summed E-state index contributed by atoms with van der Waals surface area (Å²) in [4.78, 5) is 25.8. The van der Waals surface area contributed by atoms with E-state index in [1.165, 1.54) is 0 Å². The van der Waals surface area contributed by atoms with E-state index in [1.54, 1.807) is 0 Å². The first-order chi connectivity index (χ1) is 29.9. The molecule has 0 spiro atoms. The van der Waals surface area contributed by atoms with Crippen molar-refractivity contribution in [1.29, 1.82) is 0 Å². The monoisotopic (exact) mass is 876 g/mol. The lowest BCUT2D eigenvalue weighted by atomic mass is 9.79. The molecule has 14 heteroatoms. The maximum atomic E-state index is 6.12. The highest BCUT2D eigenvalue weighted by Crippen LogP contribution is 2.37. The first kappa shape index (κ1) is 41.2. The molecule has 0 amide bonds. The van der Waals surface area contributed by atoms with Crippen molar-refractivity contribution in [3.8, 4) is 34.2 Å². The molecule has 0 unspecified atom stereocenters. The molecule has 1 saturated heterocycles. The van der Waals surface area contributed by atoms with Crippen molar-refractivity contribution in [2.24, 2.45) is 0 Å². The van der Waals surface area contributed by atoms with Crippen LogP contribution >= 0.6 is 34.8 Å². The molecule has 0 aliphatic carbocycles. The zero-order valence-corrected chi connectivity index (χ0v) is 36.2. The third-order valence-corrected chi connectivity index (χ3v) is 11.4. The molecule has 6 aromatic carbocycles. The topological polar surface area (TPSA) is 122 Å². The number of hydrogen-bond acceptors (Lipinski definition) is 10. The number of para-hydroxylation sites is 2. The van der Waals surface area contributed by atoms with Crippen LogP contribution in [-0.4, -0.2) is 48.2 Å². The molecule has 306 valence electrons. The van der Waals surface area contributed by atoms with E-state index in [0.717, 1.165) is 71.9 Å². The molecule has 62 heavy (non-hydrogen) atoms. The van der Waals surface area contributed by atoms with E-state index in [4.69, 9.17) is 52.9 Å². The highest BCUT2D eigenvalue weighted by Gasteiger charge is 2.51. The molecule has 0 radical (unpaired) electrons. The van der Waals surface area contributed by atoms with Gasteiger partial charge < -0.3 is 18.1 Å². The Balaban J connectivity index is 0.000000126. The van der Waals surface area contributed by atoms with Crippen LogP contribution in [0.1, 0.15) is 27.7 Å². The van der Waals surface area contributed by atoms with Gasteiger partial charge in [0.2, 0.25) is 22.3 Å². The van der Waals surface area contributed by atoms with Crippen LogP contribution in [0.5, 0.6) is 0 Å².